The van der Waals surface area contributed by atoms with Gasteiger partial charge in [-0.15, -0.1) is 10.2 Å². The molecule has 0 saturated heterocycles. The number of hydrogen-bond acceptors (Lipinski definition) is 6. The van der Waals surface area contributed by atoms with Crippen molar-refractivity contribution in [3.63, 3.8) is 0 Å². The molecule has 0 aliphatic carbocycles. The third-order valence-electron chi connectivity index (χ3n) is 3.28. The molecule has 0 aliphatic rings. The Bertz CT molecular complexity index is 914. The fourth-order valence-corrected chi connectivity index (χ4v) is 3.08. The maximum atomic E-state index is 11.7. The molecule has 0 atom stereocenters. The van der Waals surface area contributed by atoms with E-state index in [1.807, 2.05) is 45.0 Å². The summed E-state index contributed by atoms with van der Waals surface area (Å²) in [4.78, 5) is 12.4. The van der Waals surface area contributed by atoms with Gasteiger partial charge in [-0.3, -0.25) is 4.79 Å². The number of hydrogen-bond donors (Lipinski definition) is 2. The van der Waals surface area contributed by atoms with Crippen molar-refractivity contribution in [2.75, 3.05) is 5.32 Å². The first-order valence-electron chi connectivity index (χ1n) is 7.35. The Hall–Kier alpha value is -2.39. The van der Waals surface area contributed by atoms with E-state index in [0.717, 1.165) is 27.0 Å². The third-order valence-corrected chi connectivity index (χ3v) is 4.43. The van der Waals surface area contributed by atoms with Gasteiger partial charge in [0.25, 0.3) is 0 Å². The molecule has 9 heteroatoms. The van der Waals surface area contributed by atoms with E-state index in [9.17, 15) is 4.79 Å². The predicted octanol–water partition coefficient (Wildman–Crippen LogP) is 2.63. The molecular weight excluding hydrogens is 344 g/mol. The minimum atomic E-state index is -0.125. The standard InChI is InChI=1S/C15H16N6OS2/c1-8(2)12(22)17-14(23)16-11-6-4-5-10(7-11)13-20-21-9(3)18-19-15(21)24-13/h4-8H,1-3H3,(H2,16,17,22,23). The summed E-state index contributed by atoms with van der Waals surface area (Å²) in [5.74, 6) is 0.506. The number of aromatic nitrogens is 4. The number of rotatable bonds is 3. The Morgan fingerprint density at radius 3 is 2.83 bits per heavy atom. The Morgan fingerprint density at radius 1 is 1.33 bits per heavy atom. The number of aryl methyl sites for hydroxylation is 1. The average Bonchev–Trinajstić information content (AvgIpc) is 3.10. The van der Waals surface area contributed by atoms with Crippen LogP contribution in [-0.2, 0) is 4.79 Å². The molecule has 0 fully saturated rings. The molecule has 0 saturated carbocycles. The van der Waals surface area contributed by atoms with Gasteiger partial charge in [-0.2, -0.15) is 9.61 Å². The Morgan fingerprint density at radius 2 is 2.12 bits per heavy atom. The highest BCUT2D eigenvalue weighted by Crippen LogP contribution is 2.27. The van der Waals surface area contributed by atoms with Gasteiger partial charge in [-0.25, -0.2) is 0 Å². The number of amides is 1. The molecule has 7 nitrogen and oxygen atoms in total. The summed E-state index contributed by atoms with van der Waals surface area (Å²) in [6.07, 6.45) is 0. The van der Waals surface area contributed by atoms with Crippen molar-refractivity contribution in [3.8, 4) is 10.6 Å². The molecule has 2 N–H and O–H groups in total. The number of fused-ring (bicyclic) bond motifs is 1. The molecule has 2 heterocycles. The molecule has 0 unspecified atom stereocenters. The van der Waals surface area contributed by atoms with E-state index in [2.05, 4.69) is 25.9 Å². The van der Waals surface area contributed by atoms with E-state index in [-0.39, 0.29) is 16.9 Å². The fourth-order valence-electron chi connectivity index (χ4n) is 1.98. The third kappa shape index (κ3) is 3.41. The summed E-state index contributed by atoms with van der Waals surface area (Å²) < 4.78 is 1.72. The monoisotopic (exact) mass is 360 g/mol. The zero-order valence-corrected chi connectivity index (χ0v) is 15.0. The Balaban J connectivity index is 1.78. The van der Waals surface area contributed by atoms with Crippen LogP contribution in [0.4, 0.5) is 5.69 Å². The van der Waals surface area contributed by atoms with Crippen molar-refractivity contribution in [1.29, 1.82) is 0 Å². The minimum absolute atomic E-state index is 0.118. The summed E-state index contributed by atoms with van der Waals surface area (Å²) in [6, 6.07) is 7.67. The summed E-state index contributed by atoms with van der Waals surface area (Å²) in [5.41, 5.74) is 1.72. The van der Waals surface area contributed by atoms with Gasteiger partial charge >= 0.3 is 0 Å². The first-order valence-corrected chi connectivity index (χ1v) is 8.57. The lowest BCUT2D eigenvalue weighted by Crippen LogP contribution is -2.36. The summed E-state index contributed by atoms with van der Waals surface area (Å²) in [5, 5.41) is 19.4. The van der Waals surface area contributed by atoms with Gasteiger partial charge < -0.3 is 10.6 Å². The van der Waals surface area contributed by atoms with E-state index < -0.39 is 0 Å². The van der Waals surface area contributed by atoms with Crippen molar-refractivity contribution < 1.29 is 4.79 Å². The molecule has 1 aromatic carbocycles. The molecule has 2 aromatic heterocycles. The average molecular weight is 360 g/mol. The van der Waals surface area contributed by atoms with Crippen LogP contribution in [0.1, 0.15) is 19.7 Å². The van der Waals surface area contributed by atoms with Gasteiger partial charge in [0.05, 0.1) is 0 Å². The van der Waals surface area contributed by atoms with E-state index in [1.165, 1.54) is 11.3 Å². The smallest absolute Gasteiger partial charge is 0.234 e. The maximum Gasteiger partial charge on any atom is 0.234 e. The van der Waals surface area contributed by atoms with E-state index in [1.54, 1.807) is 4.52 Å². The lowest BCUT2D eigenvalue weighted by Gasteiger charge is -2.11. The van der Waals surface area contributed by atoms with Crippen LogP contribution < -0.4 is 10.6 Å². The molecule has 124 valence electrons. The quantitative estimate of drug-likeness (QED) is 0.699. The van der Waals surface area contributed by atoms with Crippen LogP contribution in [0.5, 0.6) is 0 Å². The lowest BCUT2D eigenvalue weighted by molar-refractivity contribution is -0.122. The molecule has 0 spiro atoms. The normalized spacial score (nSPS) is 11.0. The number of carbonyl (C=O) groups excluding carboxylic acids is 1. The van der Waals surface area contributed by atoms with Crippen molar-refractivity contribution >= 4 is 45.2 Å². The van der Waals surface area contributed by atoms with Crippen LogP contribution in [-0.4, -0.2) is 30.8 Å². The van der Waals surface area contributed by atoms with Crippen molar-refractivity contribution in [2.45, 2.75) is 20.8 Å². The molecule has 3 aromatic rings. The first kappa shape index (κ1) is 16.5. The molecule has 1 amide bonds. The minimum Gasteiger partial charge on any atom is -0.332 e. The van der Waals surface area contributed by atoms with Gasteiger partial charge in [0, 0.05) is 17.2 Å². The van der Waals surface area contributed by atoms with Crippen LogP contribution in [0.25, 0.3) is 15.5 Å². The largest absolute Gasteiger partial charge is 0.332 e. The second-order valence-electron chi connectivity index (χ2n) is 5.53. The molecular formula is C15H16N6OS2. The number of nitrogens with one attached hydrogen (secondary N) is 2. The summed E-state index contributed by atoms with van der Waals surface area (Å²) in [7, 11) is 0. The van der Waals surface area contributed by atoms with Crippen LogP contribution in [0.15, 0.2) is 24.3 Å². The Labute approximate surface area is 148 Å². The Kier molecular flexibility index (Phi) is 4.54. The van der Waals surface area contributed by atoms with Crippen molar-refractivity contribution in [1.82, 2.24) is 25.1 Å². The van der Waals surface area contributed by atoms with Crippen molar-refractivity contribution in [2.24, 2.45) is 5.92 Å². The van der Waals surface area contributed by atoms with Gasteiger partial charge in [0.15, 0.2) is 10.9 Å². The number of carbonyl (C=O) groups is 1. The predicted molar refractivity (Wildman–Crippen MR) is 98.0 cm³/mol. The van der Waals surface area contributed by atoms with Gasteiger partial charge in [0.1, 0.15) is 5.01 Å². The second-order valence-corrected chi connectivity index (χ2v) is 6.89. The van der Waals surface area contributed by atoms with E-state index in [0.29, 0.717) is 0 Å². The zero-order chi connectivity index (χ0) is 17.3. The van der Waals surface area contributed by atoms with Crippen LogP contribution in [0.2, 0.25) is 0 Å². The highest BCUT2D eigenvalue weighted by molar-refractivity contribution is 7.80. The second kappa shape index (κ2) is 6.62. The van der Waals surface area contributed by atoms with Gasteiger partial charge in [-0.1, -0.05) is 37.3 Å². The van der Waals surface area contributed by atoms with E-state index >= 15 is 0 Å². The maximum absolute atomic E-state index is 11.7. The van der Waals surface area contributed by atoms with Crippen LogP contribution in [0.3, 0.4) is 0 Å². The molecule has 3 rings (SSSR count). The SMILES string of the molecule is Cc1nnc2sc(-c3cccc(NC(=S)NC(=O)C(C)C)c3)nn12. The zero-order valence-electron chi connectivity index (χ0n) is 13.4. The molecule has 24 heavy (non-hydrogen) atoms. The molecule has 0 aliphatic heterocycles. The van der Waals surface area contributed by atoms with Gasteiger partial charge in [-0.05, 0) is 31.3 Å². The number of anilines is 1. The number of thiocarbonyl (C=S) groups is 1. The summed E-state index contributed by atoms with van der Waals surface area (Å²) in [6.45, 7) is 5.49. The topological polar surface area (TPSA) is 84.2 Å². The van der Waals surface area contributed by atoms with Crippen LogP contribution in [0, 0.1) is 12.8 Å². The first-order chi connectivity index (χ1) is 11.4. The number of nitrogens with zero attached hydrogens (tertiary/aromatic N) is 4. The van der Waals surface area contributed by atoms with Crippen LogP contribution >= 0.6 is 23.6 Å². The highest BCUT2D eigenvalue weighted by Gasteiger charge is 2.12. The lowest BCUT2D eigenvalue weighted by atomic mass is 10.2. The van der Waals surface area contributed by atoms with E-state index in [4.69, 9.17) is 12.2 Å². The fraction of sp³-hybridized carbons (Fsp3) is 0.267. The highest BCUT2D eigenvalue weighted by atomic mass is 32.1. The van der Waals surface area contributed by atoms with Crippen molar-refractivity contribution in [3.05, 3.63) is 30.1 Å². The summed E-state index contributed by atoms with van der Waals surface area (Å²) >= 11 is 6.63. The van der Waals surface area contributed by atoms with Gasteiger partial charge in [0.2, 0.25) is 10.9 Å². The number of benzene rings is 1. The molecule has 0 radical (unpaired) electrons. The molecule has 0 bridgehead atoms.